The average molecular weight is 326 g/mol. The Balaban J connectivity index is 1.89. The third-order valence-electron chi connectivity index (χ3n) is 4.40. The minimum Gasteiger partial charge on any atom is -0.496 e. The van der Waals surface area contributed by atoms with Crippen LogP contribution in [-0.2, 0) is 6.54 Å². The van der Waals surface area contributed by atoms with Crippen LogP contribution in [0, 0.1) is 17.1 Å². The first-order valence-electron chi connectivity index (χ1n) is 7.85. The van der Waals surface area contributed by atoms with E-state index < -0.39 is 6.10 Å². The molecule has 0 bridgehead atoms. The summed E-state index contributed by atoms with van der Waals surface area (Å²) in [7, 11) is 1.59. The molecule has 24 heavy (non-hydrogen) atoms. The largest absolute Gasteiger partial charge is 0.496 e. The summed E-state index contributed by atoms with van der Waals surface area (Å²) >= 11 is 0. The van der Waals surface area contributed by atoms with E-state index in [1.807, 2.05) is 6.07 Å². The van der Waals surface area contributed by atoms with Crippen LogP contribution in [0.15, 0.2) is 42.5 Å². The minimum atomic E-state index is -0.455. The topological polar surface area (TPSA) is 56.5 Å². The van der Waals surface area contributed by atoms with E-state index in [0.29, 0.717) is 30.8 Å². The molecule has 0 radical (unpaired) electrons. The first kappa shape index (κ1) is 16.4. The Labute approximate surface area is 140 Å². The first-order chi connectivity index (χ1) is 11.6. The van der Waals surface area contributed by atoms with Gasteiger partial charge in [-0.25, -0.2) is 4.39 Å². The lowest BCUT2D eigenvalue weighted by Gasteiger charge is -2.25. The van der Waals surface area contributed by atoms with Gasteiger partial charge in [0.2, 0.25) is 0 Å². The molecule has 0 unspecified atom stereocenters. The lowest BCUT2D eigenvalue weighted by molar-refractivity contribution is 0.172. The van der Waals surface area contributed by atoms with Gasteiger partial charge in [0.15, 0.2) is 0 Å². The van der Waals surface area contributed by atoms with Gasteiger partial charge in [-0.1, -0.05) is 12.1 Å². The van der Waals surface area contributed by atoms with Gasteiger partial charge in [-0.05, 0) is 42.3 Å². The molecule has 4 nitrogen and oxygen atoms in total. The molecule has 1 aliphatic rings. The SMILES string of the molecule is COc1ccc(C#N)cc1CN1C[C@H](O)C[C@H]1c1cccc(F)c1. The number of aliphatic hydroxyl groups excluding tert-OH is 1. The van der Waals surface area contributed by atoms with Crippen LogP contribution < -0.4 is 4.74 Å². The van der Waals surface area contributed by atoms with E-state index in [4.69, 9.17) is 10.00 Å². The molecule has 3 rings (SSSR count). The second-order valence-electron chi connectivity index (χ2n) is 6.03. The highest BCUT2D eigenvalue weighted by Gasteiger charge is 2.32. The van der Waals surface area contributed by atoms with Crippen LogP contribution in [0.1, 0.15) is 29.2 Å². The molecule has 1 N–H and O–H groups in total. The van der Waals surface area contributed by atoms with E-state index in [0.717, 1.165) is 11.1 Å². The third kappa shape index (κ3) is 3.40. The number of hydrogen-bond donors (Lipinski definition) is 1. The quantitative estimate of drug-likeness (QED) is 0.938. The Kier molecular flexibility index (Phi) is 4.79. The van der Waals surface area contributed by atoms with Gasteiger partial charge < -0.3 is 9.84 Å². The maximum absolute atomic E-state index is 13.6. The summed E-state index contributed by atoms with van der Waals surface area (Å²) in [5, 5.41) is 19.2. The maximum atomic E-state index is 13.6. The number of aliphatic hydroxyl groups is 1. The van der Waals surface area contributed by atoms with E-state index in [2.05, 4.69) is 11.0 Å². The molecular weight excluding hydrogens is 307 g/mol. The van der Waals surface area contributed by atoms with Crippen molar-refractivity contribution in [2.45, 2.75) is 25.1 Å². The zero-order chi connectivity index (χ0) is 17.1. The van der Waals surface area contributed by atoms with Crippen LogP contribution >= 0.6 is 0 Å². The highest BCUT2D eigenvalue weighted by molar-refractivity contribution is 5.42. The average Bonchev–Trinajstić information content (AvgIpc) is 2.95. The zero-order valence-electron chi connectivity index (χ0n) is 13.4. The Morgan fingerprint density at radius 1 is 1.33 bits per heavy atom. The Bertz CT molecular complexity index is 772. The predicted octanol–water partition coefficient (Wildman–Crippen LogP) is 3.01. The normalized spacial score (nSPS) is 20.8. The van der Waals surface area contributed by atoms with Gasteiger partial charge in [0.05, 0.1) is 24.8 Å². The second kappa shape index (κ2) is 7.00. The van der Waals surface area contributed by atoms with E-state index in [1.165, 1.54) is 12.1 Å². The van der Waals surface area contributed by atoms with Crippen molar-refractivity contribution in [3.8, 4) is 11.8 Å². The van der Waals surface area contributed by atoms with Crippen molar-refractivity contribution in [1.29, 1.82) is 5.26 Å². The van der Waals surface area contributed by atoms with Crippen LogP contribution in [0.2, 0.25) is 0 Å². The van der Waals surface area contributed by atoms with Crippen molar-refractivity contribution in [3.63, 3.8) is 0 Å². The van der Waals surface area contributed by atoms with Crippen molar-refractivity contribution in [2.75, 3.05) is 13.7 Å². The Morgan fingerprint density at radius 2 is 2.17 bits per heavy atom. The van der Waals surface area contributed by atoms with Gasteiger partial charge in [0.25, 0.3) is 0 Å². The molecule has 0 aromatic heterocycles. The fraction of sp³-hybridized carbons (Fsp3) is 0.316. The van der Waals surface area contributed by atoms with Gasteiger partial charge in [-0.3, -0.25) is 4.90 Å². The molecule has 1 aliphatic heterocycles. The summed E-state index contributed by atoms with van der Waals surface area (Å²) in [5.74, 6) is 0.422. The van der Waals surface area contributed by atoms with Crippen molar-refractivity contribution in [1.82, 2.24) is 4.90 Å². The number of β-amino-alcohol motifs (C(OH)–C–C–N with tert-alkyl or cyclic N) is 1. The molecule has 2 aromatic rings. The van der Waals surface area contributed by atoms with E-state index in [-0.39, 0.29) is 11.9 Å². The van der Waals surface area contributed by atoms with E-state index in [1.54, 1.807) is 31.4 Å². The summed E-state index contributed by atoms with van der Waals surface area (Å²) < 4.78 is 18.9. The number of rotatable bonds is 4. The molecule has 1 heterocycles. The van der Waals surface area contributed by atoms with Crippen molar-refractivity contribution in [3.05, 3.63) is 65.0 Å². The van der Waals surface area contributed by atoms with Gasteiger partial charge >= 0.3 is 0 Å². The van der Waals surface area contributed by atoms with Crippen LogP contribution in [-0.4, -0.2) is 29.8 Å². The molecule has 2 aromatic carbocycles. The zero-order valence-corrected chi connectivity index (χ0v) is 13.4. The monoisotopic (exact) mass is 326 g/mol. The fourth-order valence-corrected chi connectivity index (χ4v) is 3.31. The number of nitrogens with zero attached hydrogens (tertiary/aromatic N) is 2. The third-order valence-corrected chi connectivity index (χ3v) is 4.40. The fourth-order valence-electron chi connectivity index (χ4n) is 3.31. The number of nitriles is 1. The molecule has 124 valence electrons. The molecule has 0 amide bonds. The second-order valence-corrected chi connectivity index (χ2v) is 6.03. The predicted molar refractivity (Wildman–Crippen MR) is 87.9 cm³/mol. The Morgan fingerprint density at radius 3 is 2.88 bits per heavy atom. The van der Waals surface area contributed by atoms with E-state index >= 15 is 0 Å². The number of hydrogen-bond acceptors (Lipinski definition) is 4. The summed E-state index contributed by atoms with van der Waals surface area (Å²) in [6, 6.07) is 13.8. The lowest BCUT2D eigenvalue weighted by atomic mass is 10.0. The number of halogens is 1. The van der Waals surface area contributed by atoms with E-state index in [9.17, 15) is 9.50 Å². The highest BCUT2D eigenvalue weighted by atomic mass is 19.1. The number of ether oxygens (including phenoxy) is 1. The summed E-state index contributed by atoms with van der Waals surface area (Å²) in [6.45, 7) is 1.03. The van der Waals surface area contributed by atoms with Crippen LogP contribution in [0.4, 0.5) is 4.39 Å². The van der Waals surface area contributed by atoms with Crippen LogP contribution in [0.3, 0.4) is 0 Å². The standard InChI is InChI=1S/C19H19FN2O2/c1-24-19-6-5-13(10-21)7-15(19)11-22-12-17(23)9-18(22)14-3-2-4-16(20)8-14/h2-8,17-18,23H,9,11-12H2,1H3/t17-,18+/m1/s1. The van der Waals surface area contributed by atoms with Gasteiger partial charge in [0, 0.05) is 24.7 Å². The maximum Gasteiger partial charge on any atom is 0.123 e. The molecule has 1 saturated heterocycles. The molecule has 0 saturated carbocycles. The first-order valence-corrected chi connectivity index (χ1v) is 7.85. The lowest BCUT2D eigenvalue weighted by Crippen LogP contribution is -2.24. The van der Waals surface area contributed by atoms with Crippen LogP contribution in [0.25, 0.3) is 0 Å². The molecule has 2 atom stereocenters. The molecule has 5 heteroatoms. The highest BCUT2D eigenvalue weighted by Crippen LogP contribution is 2.35. The van der Waals surface area contributed by atoms with Crippen molar-refractivity contribution in [2.24, 2.45) is 0 Å². The molecule has 0 aliphatic carbocycles. The minimum absolute atomic E-state index is 0.0638. The number of methoxy groups -OCH3 is 1. The number of benzene rings is 2. The van der Waals surface area contributed by atoms with Gasteiger partial charge in [-0.15, -0.1) is 0 Å². The molecule has 0 spiro atoms. The summed E-state index contributed by atoms with van der Waals surface area (Å²) in [6.07, 6.45) is 0.104. The molecular formula is C19H19FN2O2. The van der Waals surface area contributed by atoms with Gasteiger partial charge in [-0.2, -0.15) is 5.26 Å². The van der Waals surface area contributed by atoms with Crippen molar-refractivity contribution < 1.29 is 14.2 Å². The summed E-state index contributed by atoms with van der Waals surface area (Å²) in [4.78, 5) is 2.10. The molecule has 1 fully saturated rings. The van der Waals surface area contributed by atoms with Crippen molar-refractivity contribution >= 4 is 0 Å². The Hall–Kier alpha value is -2.42. The summed E-state index contributed by atoms with van der Waals surface area (Å²) in [5.41, 5.74) is 2.29. The van der Waals surface area contributed by atoms with Gasteiger partial charge in [0.1, 0.15) is 11.6 Å². The number of likely N-dealkylation sites (tertiary alicyclic amines) is 1. The smallest absolute Gasteiger partial charge is 0.123 e. The van der Waals surface area contributed by atoms with Crippen LogP contribution in [0.5, 0.6) is 5.75 Å².